The standard InChI is InChI=1S/C23H19ClN2O4/c24-20-12-25-10-9-18(20)21(11-22(27)28)26-23(29)30-13-19-16-7-3-1-5-14(16)15-6-2-4-8-17(15)19/h1-10,12,19,21H,11,13H2,(H,26,29)(H,27,28). The Morgan fingerprint density at radius 1 is 1.07 bits per heavy atom. The largest absolute Gasteiger partial charge is 0.481 e. The van der Waals surface area contributed by atoms with Crippen LogP contribution in [0, 0.1) is 0 Å². The van der Waals surface area contributed by atoms with Gasteiger partial charge in [0.1, 0.15) is 6.61 Å². The number of ether oxygens (including phenoxy) is 1. The number of carboxylic acid groups (broad SMARTS) is 1. The highest BCUT2D eigenvalue weighted by Crippen LogP contribution is 2.44. The zero-order chi connectivity index (χ0) is 21.1. The Morgan fingerprint density at radius 3 is 2.30 bits per heavy atom. The number of fused-ring (bicyclic) bond motifs is 3. The molecule has 0 aliphatic heterocycles. The van der Waals surface area contributed by atoms with Crippen molar-refractivity contribution < 1.29 is 19.4 Å². The summed E-state index contributed by atoms with van der Waals surface area (Å²) in [6.07, 6.45) is 1.88. The number of amides is 1. The third kappa shape index (κ3) is 4.00. The fraction of sp³-hybridized carbons (Fsp3) is 0.174. The van der Waals surface area contributed by atoms with Crippen LogP contribution in [0.3, 0.4) is 0 Å². The lowest BCUT2D eigenvalue weighted by Gasteiger charge is -2.20. The molecule has 1 aromatic heterocycles. The van der Waals surface area contributed by atoms with Gasteiger partial charge in [-0.2, -0.15) is 0 Å². The van der Waals surface area contributed by atoms with Crippen LogP contribution in [0.15, 0.2) is 67.0 Å². The zero-order valence-corrected chi connectivity index (χ0v) is 16.7. The predicted molar refractivity (Wildman–Crippen MR) is 112 cm³/mol. The molecule has 4 rings (SSSR count). The van der Waals surface area contributed by atoms with E-state index in [1.165, 1.54) is 12.4 Å². The first-order valence-corrected chi connectivity index (χ1v) is 9.85. The molecular formula is C23H19ClN2O4. The maximum atomic E-state index is 12.5. The van der Waals surface area contributed by atoms with Gasteiger partial charge in [0, 0.05) is 18.3 Å². The van der Waals surface area contributed by atoms with Gasteiger partial charge in [0.2, 0.25) is 0 Å². The van der Waals surface area contributed by atoms with Crippen molar-refractivity contribution in [3.63, 3.8) is 0 Å². The summed E-state index contributed by atoms with van der Waals surface area (Å²) >= 11 is 6.13. The van der Waals surface area contributed by atoms with Gasteiger partial charge in [-0.1, -0.05) is 60.1 Å². The van der Waals surface area contributed by atoms with Gasteiger partial charge < -0.3 is 15.2 Å². The van der Waals surface area contributed by atoms with Gasteiger partial charge in [0.15, 0.2) is 0 Å². The van der Waals surface area contributed by atoms with Crippen LogP contribution in [0.5, 0.6) is 0 Å². The number of hydrogen-bond donors (Lipinski definition) is 2. The molecule has 1 amide bonds. The Morgan fingerprint density at radius 2 is 1.70 bits per heavy atom. The zero-order valence-electron chi connectivity index (χ0n) is 15.9. The number of hydrogen-bond acceptors (Lipinski definition) is 4. The third-order valence-corrected chi connectivity index (χ3v) is 5.51. The highest BCUT2D eigenvalue weighted by Gasteiger charge is 2.29. The number of alkyl carbamates (subject to hydrolysis) is 1. The quantitative estimate of drug-likeness (QED) is 0.596. The Hall–Kier alpha value is -3.38. The first-order valence-electron chi connectivity index (χ1n) is 9.47. The Balaban J connectivity index is 1.49. The third-order valence-electron chi connectivity index (χ3n) is 5.19. The molecule has 1 heterocycles. The number of carbonyl (C=O) groups is 2. The molecule has 1 atom stereocenters. The van der Waals surface area contributed by atoms with Crippen molar-refractivity contribution >= 4 is 23.7 Å². The Kier molecular flexibility index (Phi) is 5.68. The SMILES string of the molecule is O=C(O)CC(NC(=O)OCC1c2ccccc2-c2ccccc21)c1ccncc1Cl. The first kappa shape index (κ1) is 19.9. The van der Waals surface area contributed by atoms with Crippen LogP contribution in [-0.2, 0) is 9.53 Å². The summed E-state index contributed by atoms with van der Waals surface area (Å²) in [6.45, 7) is 0.143. The number of aliphatic carboxylic acids is 1. The van der Waals surface area contributed by atoms with Crippen molar-refractivity contribution in [2.24, 2.45) is 0 Å². The molecule has 0 spiro atoms. The fourth-order valence-corrected chi connectivity index (χ4v) is 4.12. The lowest BCUT2D eigenvalue weighted by atomic mass is 9.98. The van der Waals surface area contributed by atoms with Gasteiger partial charge in [-0.05, 0) is 33.9 Å². The summed E-state index contributed by atoms with van der Waals surface area (Å²) < 4.78 is 5.51. The van der Waals surface area contributed by atoms with E-state index in [9.17, 15) is 14.7 Å². The summed E-state index contributed by atoms with van der Waals surface area (Å²) in [5.74, 6) is -1.14. The molecule has 30 heavy (non-hydrogen) atoms. The van der Waals surface area contributed by atoms with Crippen LogP contribution in [-0.4, -0.2) is 28.8 Å². The summed E-state index contributed by atoms with van der Waals surface area (Å²) in [7, 11) is 0. The molecular weight excluding hydrogens is 404 g/mol. The van der Waals surface area contributed by atoms with Crippen molar-refractivity contribution in [3.05, 3.63) is 88.7 Å². The van der Waals surface area contributed by atoms with Crippen molar-refractivity contribution in [3.8, 4) is 11.1 Å². The van der Waals surface area contributed by atoms with Crippen molar-refractivity contribution in [2.45, 2.75) is 18.4 Å². The number of nitrogens with zero attached hydrogens (tertiary/aromatic N) is 1. The van der Waals surface area contributed by atoms with E-state index >= 15 is 0 Å². The number of halogens is 1. The number of benzene rings is 2. The minimum atomic E-state index is -1.06. The Labute approximate surface area is 178 Å². The molecule has 3 aromatic rings. The second-order valence-corrected chi connectivity index (χ2v) is 7.42. The maximum absolute atomic E-state index is 12.5. The monoisotopic (exact) mass is 422 g/mol. The summed E-state index contributed by atoms with van der Waals surface area (Å²) in [5, 5.41) is 12.1. The van der Waals surface area contributed by atoms with Crippen molar-refractivity contribution in [2.75, 3.05) is 6.61 Å². The molecule has 6 nitrogen and oxygen atoms in total. The minimum Gasteiger partial charge on any atom is -0.481 e. The summed E-state index contributed by atoms with van der Waals surface area (Å²) in [6, 6.07) is 16.8. The summed E-state index contributed by atoms with van der Waals surface area (Å²) in [5.41, 5.74) is 4.95. The second kappa shape index (κ2) is 8.55. The molecule has 7 heteroatoms. The minimum absolute atomic E-state index is 0.0782. The topological polar surface area (TPSA) is 88.5 Å². The van der Waals surface area contributed by atoms with Crippen LogP contribution in [0.25, 0.3) is 11.1 Å². The lowest BCUT2D eigenvalue weighted by Crippen LogP contribution is -2.32. The first-order chi connectivity index (χ1) is 14.5. The smallest absolute Gasteiger partial charge is 0.407 e. The summed E-state index contributed by atoms with van der Waals surface area (Å²) in [4.78, 5) is 27.7. The van der Waals surface area contributed by atoms with Crippen LogP contribution in [0.4, 0.5) is 4.79 Å². The van der Waals surface area contributed by atoms with Crippen LogP contribution in [0.2, 0.25) is 5.02 Å². The second-order valence-electron chi connectivity index (χ2n) is 7.02. The van der Waals surface area contributed by atoms with E-state index in [2.05, 4.69) is 22.4 Å². The number of carboxylic acids is 1. The number of carbonyl (C=O) groups excluding carboxylic acids is 1. The molecule has 1 unspecified atom stereocenters. The molecule has 2 N–H and O–H groups in total. The van der Waals surface area contributed by atoms with E-state index in [4.69, 9.17) is 16.3 Å². The van der Waals surface area contributed by atoms with Crippen LogP contribution < -0.4 is 5.32 Å². The molecule has 0 fully saturated rings. The van der Waals surface area contributed by atoms with Gasteiger partial charge >= 0.3 is 12.1 Å². The lowest BCUT2D eigenvalue weighted by molar-refractivity contribution is -0.137. The van der Waals surface area contributed by atoms with Crippen LogP contribution >= 0.6 is 11.6 Å². The van der Waals surface area contributed by atoms with E-state index in [0.717, 1.165) is 22.3 Å². The molecule has 2 aromatic carbocycles. The number of rotatable bonds is 6. The predicted octanol–water partition coefficient (Wildman–Crippen LogP) is 4.79. The van der Waals surface area contributed by atoms with E-state index in [-0.39, 0.29) is 24.0 Å². The normalized spacial score (nSPS) is 13.2. The van der Waals surface area contributed by atoms with Crippen molar-refractivity contribution in [1.82, 2.24) is 10.3 Å². The average molecular weight is 423 g/mol. The van der Waals surface area contributed by atoms with Gasteiger partial charge in [-0.25, -0.2) is 4.79 Å². The van der Waals surface area contributed by atoms with Crippen molar-refractivity contribution in [1.29, 1.82) is 0 Å². The molecule has 152 valence electrons. The van der Waals surface area contributed by atoms with E-state index in [0.29, 0.717) is 5.56 Å². The Bertz CT molecular complexity index is 1060. The number of nitrogens with one attached hydrogen (secondary N) is 1. The molecule has 1 aliphatic rings. The average Bonchev–Trinajstić information content (AvgIpc) is 3.06. The molecule has 0 bridgehead atoms. The molecule has 0 saturated heterocycles. The van der Waals surface area contributed by atoms with E-state index in [1.807, 2.05) is 36.4 Å². The highest BCUT2D eigenvalue weighted by atomic mass is 35.5. The van der Waals surface area contributed by atoms with Gasteiger partial charge in [0.05, 0.1) is 17.5 Å². The van der Waals surface area contributed by atoms with E-state index < -0.39 is 18.1 Å². The van der Waals surface area contributed by atoms with Gasteiger partial charge in [-0.3, -0.25) is 9.78 Å². The van der Waals surface area contributed by atoms with E-state index in [1.54, 1.807) is 6.07 Å². The van der Waals surface area contributed by atoms with Crippen LogP contribution in [0.1, 0.15) is 35.1 Å². The molecule has 0 radical (unpaired) electrons. The highest BCUT2D eigenvalue weighted by molar-refractivity contribution is 6.31. The number of pyridine rings is 1. The maximum Gasteiger partial charge on any atom is 0.407 e. The molecule has 0 saturated carbocycles. The number of aromatic nitrogens is 1. The van der Waals surface area contributed by atoms with Gasteiger partial charge in [0.25, 0.3) is 0 Å². The molecule has 1 aliphatic carbocycles. The van der Waals surface area contributed by atoms with Gasteiger partial charge in [-0.15, -0.1) is 0 Å². The fourth-order valence-electron chi connectivity index (χ4n) is 3.86.